The van der Waals surface area contributed by atoms with Crippen LogP contribution in [0.3, 0.4) is 0 Å². The van der Waals surface area contributed by atoms with Gasteiger partial charge in [0.15, 0.2) is 0 Å². The van der Waals surface area contributed by atoms with Crippen LogP contribution in [-0.2, 0) is 0 Å². The molecule has 0 unspecified atom stereocenters. The van der Waals surface area contributed by atoms with Crippen LogP contribution in [0.4, 0.5) is 11.5 Å². The minimum absolute atomic E-state index is 0.567. The molecule has 3 heteroatoms. The third-order valence-corrected chi connectivity index (χ3v) is 6.46. The van der Waals surface area contributed by atoms with Crippen molar-refractivity contribution < 1.29 is 0 Å². The highest BCUT2D eigenvalue weighted by Crippen LogP contribution is 2.38. The van der Waals surface area contributed by atoms with E-state index < -0.39 is 0 Å². The molecular formula is C33H51ClN2. The van der Waals surface area contributed by atoms with Crippen molar-refractivity contribution in [3.05, 3.63) is 58.8 Å². The molecule has 2 aromatic rings. The number of hydrogen-bond acceptors (Lipinski definition) is 2. The molecule has 200 valence electrons. The molecule has 2 nitrogen and oxygen atoms in total. The zero-order valence-electron chi connectivity index (χ0n) is 24.3. The SMILES string of the molecule is C#Cc1ccc(Nc2cc(C3CCCC3)c(C(=C)C)cn2)cc1Cl.CC.CC.CCCC(C)CCC. The van der Waals surface area contributed by atoms with E-state index >= 15 is 0 Å². The Kier molecular flexibility index (Phi) is 18.7. The first kappa shape index (κ1) is 33.8. The normalized spacial score (nSPS) is 12.2. The van der Waals surface area contributed by atoms with Crippen LogP contribution in [-0.4, -0.2) is 4.98 Å². The molecule has 0 spiro atoms. The molecule has 0 aliphatic heterocycles. The van der Waals surface area contributed by atoms with Crippen LogP contribution in [0.2, 0.25) is 5.02 Å². The van der Waals surface area contributed by atoms with Crippen LogP contribution in [0.5, 0.6) is 0 Å². The number of benzene rings is 1. The number of aromatic nitrogens is 1. The molecule has 0 amide bonds. The van der Waals surface area contributed by atoms with Gasteiger partial charge in [-0.15, -0.1) is 6.42 Å². The summed E-state index contributed by atoms with van der Waals surface area (Å²) in [6, 6.07) is 7.75. The van der Waals surface area contributed by atoms with Gasteiger partial charge in [0.1, 0.15) is 5.82 Å². The molecule has 1 N–H and O–H groups in total. The number of pyridine rings is 1. The summed E-state index contributed by atoms with van der Waals surface area (Å²) in [6.45, 7) is 21.0. The first-order valence-corrected chi connectivity index (χ1v) is 14.5. The lowest BCUT2D eigenvalue weighted by Gasteiger charge is -2.17. The largest absolute Gasteiger partial charge is 0.340 e. The fraction of sp³-hybridized carbons (Fsp3) is 0.545. The quantitative estimate of drug-likeness (QED) is 0.357. The predicted molar refractivity (Wildman–Crippen MR) is 164 cm³/mol. The first-order chi connectivity index (χ1) is 17.4. The fourth-order valence-electron chi connectivity index (χ4n) is 4.46. The molecule has 1 saturated carbocycles. The lowest BCUT2D eigenvalue weighted by molar-refractivity contribution is 0.480. The summed E-state index contributed by atoms with van der Waals surface area (Å²) in [4.78, 5) is 4.54. The summed E-state index contributed by atoms with van der Waals surface area (Å²) in [5.74, 6) is 4.96. The summed E-state index contributed by atoms with van der Waals surface area (Å²) in [7, 11) is 0. The summed E-state index contributed by atoms with van der Waals surface area (Å²) in [5, 5.41) is 3.90. The molecule has 1 heterocycles. The van der Waals surface area contributed by atoms with Crippen molar-refractivity contribution in [1.82, 2.24) is 4.98 Å². The van der Waals surface area contributed by atoms with E-state index in [9.17, 15) is 0 Å². The van der Waals surface area contributed by atoms with Gasteiger partial charge in [0, 0.05) is 17.4 Å². The number of allylic oxidation sites excluding steroid dienone is 1. The zero-order chi connectivity index (χ0) is 27.5. The van der Waals surface area contributed by atoms with E-state index in [2.05, 4.69) is 49.6 Å². The van der Waals surface area contributed by atoms with Gasteiger partial charge < -0.3 is 5.32 Å². The van der Waals surface area contributed by atoms with Gasteiger partial charge in [-0.1, -0.05) is 111 Å². The van der Waals surface area contributed by atoms with Crippen LogP contribution < -0.4 is 5.32 Å². The van der Waals surface area contributed by atoms with E-state index in [1.807, 2.05) is 59.0 Å². The number of hydrogen-bond donors (Lipinski definition) is 1. The number of terminal acetylenes is 1. The second-order valence-electron chi connectivity index (χ2n) is 9.06. The Bertz CT molecular complexity index is 914. The average Bonchev–Trinajstić information content (AvgIpc) is 3.42. The lowest BCUT2D eigenvalue weighted by Crippen LogP contribution is -2.02. The number of anilines is 2. The topological polar surface area (TPSA) is 24.9 Å². The summed E-state index contributed by atoms with van der Waals surface area (Å²) >= 11 is 6.18. The van der Waals surface area contributed by atoms with Gasteiger partial charge in [0.25, 0.3) is 0 Å². The smallest absolute Gasteiger partial charge is 0.130 e. The summed E-state index contributed by atoms with van der Waals surface area (Å²) in [6.07, 6.45) is 17.9. The number of halogens is 1. The van der Waals surface area contributed by atoms with Crippen molar-refractivity contribution in [2.75, 3.05) is 5.32 Å². The van der Waals surface area contributed by atoms with Gasteiger partial charge in [0.05, 0.1) is 5.02 Å². The van der Waals surface area contributed by atoms with Gasteiger partial charge in [-0.3, -0.25) is 0 Å². The van der Waals surface area contributed by atoms with Gasteiger partial charge in [-0.2, -0.15) is 0 Å². The standard InChI is InChI=1S/C21H21ClN2.C8H18.2C2H6/c1-4-15-9-10-17(11-20(15)22)24-21-12-18(16-7-5-6-8-16)19(13-23-21)14(2)3;1-4-6-8(3)7-5-2;2*1-2/h1,9-13,16H,2,5-8H2,3H3,(H,23,24);8H,4-7H2,1-3H3;2*1-2H3. The van der Waals surface area contributed by atoms with Gasteiger partial charge in [-0.05, 0) is 72.6 Å². The third kappa shape index (κ3) is 11.7. The van der Waals surface area contributed by atoms with Crippen molar-refractivity contribution in [2.45, 2.75) is 113 Å². The van der Waals surface area contributed by atoms with Crippen LogP contribution in [0.15, 0.2) is 37.0 Å². The highest BCUT2D eigenvalue weighted by Gasteiger charge is 2.21. The Balaban J connectivity index is 0.000000866. The molecule has 0 radical (unpaired) electrons. The number of rotatable bonds is 8. The van der Waals surface area contributed by atoms with E-state index in [0.29, 0.717) is 16.5 Å². The van der Waals surface area contributed by atoms with Crippen molar-refractivity contribution in [3.63, 3.8) is 0 Å². The van der Waals surface area contributed by atoms with E-state index in [1.165, 1.54) is 62.5 Å². The molecule has 0 saturated heterocycles. The Morgan fingerprint density at radius 1 is 1.11 bits per heavy atom. The molecule has 0 atom stereocenters. The average molecular weight is 511 g/mol. The Morgan fingerprint density at radius 3 is 2.17 bits per heavy atom. The Morgan fingerprint density at radius 2 is 1.69 bits per heavy atom. The van der Waals surface area contributed by atoms with Crippen LogP contribution in [0, 0.1) is 18.3 Å². The second-order valence-corrected chi connectivity index (χ2v) is 9.47. The van der Waals surface area contributed by atoms with Gasteiger partial charge in [-0.25, -0.2) is 4.98 Å². The molecule has 1 aliphatic rings. The van der Waals surface area contributed by atoms with Crippen molar-refractivity contribution >= 4 is 28.7 Å². The lowest BCUT2D eigenvalue weighted by atomic mass is 9.91. The molecule has 36 heavy (non-hydrogen) atoms. The molecule has 1 aromatic heterocycles. The maximum Gasteiger partial charge on any atom is 0.130 e. The van der Waals surface area contributed by atoms with E-state index in [1.54, 1.807) is 0 Å². The van der Waals surface area contributed by atoms with E-state index in [0.717, 1.165) is 23.0 Å². The number of nitrogens with one attached hydrogen (secondary N) is 1. The van der Waals surface area contributed by atoms with Crippen LogP contribution in [0.25, 0.3) is 5.57 Å². The minimum Gasteiger partial charge on any atom is -0.340 e. The number of nitrogens with zero attached hydrogens (tertiary/aromatic N) is 1. The highest BCUT2D eigenvalue weighted by atomic mass is 35.5. The first-order valence-electron chi connectivity index (χ1n) is 14.1. The van der Waals surface area contributed by atoms with E-state index in [4.69, 9.17) is 18.0 Å². The Hall–Kier alpha value is -2.24. The Labute approximate surface area is 228 Å². The molecule has 1 aliphatic carbocycles. The van der Waals surface area contributed by atoms with Gasteiger partial charge in [0.2, 0.25) is 0 Å². The zero-order valence-corrected chi connectivity index (χ0v) is 25.1. The van der Waals surface area contributed by atoms with E-state index in [-0.39, 0.29) is 0 Å². The summed E-state index contributed by atoms with van der Waals surface area (Å²) in [5.41, 5.74) is 5.17. The molecule has 1 fully saturated rings. The van der Waals surface area contributed by atoms with Crippen molar-refractivity contribution in [2.24, 2.45) is 5.92 Å². The fourth-order valence-corrected chi connectivity index (χ4v) is 4.69. The van der Waals surface area contributed by atoms with Crippen molar-refractivity contribution in [3.8, 4) is 12.3 Å². The predicted octanol–water partition coefficient (Wildman–Crippen LogP) is 11.4. The third-order valence-electron chi connectivity index (χ3n) is 6.15. The molecule has 1 aromatic carbocycles. The highest BCUT2D eigenvalue weighted by molar-refractivity contribution is 6.32. The monoisotopic (exact) mass is 510 g/mol. The summed E-state index contributed by atoms with van der Waals surface area (Å²) < 4.78 is 0. The molecule has 0 bridgehead atoms. The van der Waals surface area contributed by atoms with Crippen LogP contribution >= 0.6 is 11.6 Å². The maximum absolute atomic E-state index is 6.18. The molecule has 3 rings (SSSR count). The van der Waals surface area contributed by atoms with Crippen molar-refractivity contribution in [1.29, 1.82) is 0 Å². The minimum atomic E-state index is 0.567. The second kappa shape index (κ2) is 19.9. The van der Waals surface area contributed by atoms with Crippen LogP contribution in [0.1, 0.15) is 129 Å². The van der Waals surface area contributed by atoms with Gasteiger partial charge >= 0.3 is 0 Å². The maximum atomic E-state index is 6.18. The molecular weight excluding hydrogens is 460 g/mol.